The molecule has 0 aromatic heterocycles. The molecule has 2 aromatic carbocycles. The van der Waals surface area contributed by atoms with Gasteiger partial charge in [-0.2, -0.15) is 0 Å². The number of hydrogen-bond acceptors (Lipinski definition) is 4. The van der Waals surface area contributed by atoms with Crippen molar-refractivity contribution < 1.29 is 19.1 Å². The molecule has 1 fully saturated rings. The predicted molar refractivity (Wildman–Crippen MR) is 104 cm³/mol. The maximum Gasteiger partial charge on any atom is 0.255 e. The van der Waals surface area contributed by atoms with Crippen LogP contribution in [0.1, 0.15) is 44.7 Å². The second-order valence-electron chi connectivity index (χ2n) is 7.19. The first-order chi connectivity index (χ1) is 13.7. The van der Waals surface area contributed by atoms with E-state index in [1.165, 1.54) is 0 Å². The van der Waals surface area contributed by atoms with Gasteiger partial charge >= 0.3 is 0 Å². The minimum Gasteiger partial charge on any atom is -0.497 e. The number of ether oxygens (including phenoxy) is 2. The number of fused-ring (bicyclic) bond motifs is 1. The Kier molecular flexibility index (Phi) is 5.30. The molecule has 1 atom stereocenters. The third-order valence-corrected chi connectivity index (χ3v) is 5.32. The quantitative estimate of drug-likeness (QED) is 0.837. The van der Waals surface area contributed by atoms with Crippen LogP contribution >= 0.6 is 0 Å². The van der Waals surface area contributed by atoms with E-state index in [0.29, 0.717) is 30.8 Å². The van der Waals surface area contributed by atoms with E-state index in [-0.39, 0.29) is 17.9 Å². The normalized spacial score (nSPS) is 18.2. The Hall–Kier alpha value is -2.86. The monoisotopic (exact) mass is 380 g/mol. The first-order valence-electron chi connectivity index (χ1n) is 9.59. The molecule has 0 bridgehead atoms. The average molecular weight is 380 g/mol. The van der Waals surface area contributed by atoms with E-state index in [1.54, 1.807) is 18.1 Å². The Bertz CT molecular complexity index is 873. The lowest BCUT2D eigenvalue weighted by atomic mass is 10.0. The molecule has 2 aliphatic rings. The summed E-state index contributed by atoms with van der Waals surface area (Å²) in [6, 6.07) is 13.0. The van der Waals surface area contributed by atoms with Crippen LogP contribution in [0.25, 0.3) is 0 Å². The lowest BCUT2D eigenvalue weighted by molar-refractivity contribution is 0.0544. The molecule has 0 radical (unpaired) electrons. The van der Waals surface area contributed by atoms with Crippen LogP contribution in [0, 0.1) is 0 Å². The van der Waals surface area contributed by atoms with E-state index in [1.807, 2.05) is 36.4 Å². The van der Waals surface area contributed by atoms with Crippen LogP contribution in [0.5, 0.6) is 5.75 Å². The third kappa shape index (κ3) is 3.73. The summed E-state index contributed by atoms with van der Waals surface area (Å²) in [5.41, 5.74) is 2.83. The van der Waals surface area contributed by atoms with E-state index in [0.717, 1.165) is 36.3 Å². The fourth-order valence-corrected chi connectivity index (χ4v) is 3.81. The van der Waals surface area contributed by atoms with Gasteiger partial charge in [0.2, 0.25) is 0 Å². The SMILES string of the molecule is COc1ccc(CNC(=O)c2cccc3c2C(=O)N(C[C@H]2CCCO2)C3)cc1. The van der Waals surface area contributed by atoms with Gasteiger partial charge in [-0.25, -0.2) is 0 Å². The zero-order valence-electron chi connectivity index (χ0n) is 15.9. The number of benzene rings is 2. The summed E-state index contributed by atoms with van der Waals surface area (Å²) in [5.74, 6) is 0.452. The van der Waals surface area contributed by atoms with Crippen LogP contribution in [-0.2, 0) is 17.8 Å². The molecular formula is C22H24N2O4. The average Bonchev–Trinajstić information content (AvgIpc) is 3.35. The molecule has 2 amide bonds. The number of hydrogen-bond donors (Lipinski definition) is 1. The molecule has 4 rings (SSSR count). The van der Waals surface area contributed by atoms with Crippen LogP contribution in [0.3, 0.4) is 0 Å². The van der Waals surface area contributed by atoms with Gasteiger partial charge in [0.05, 0.1) is 24.3 Å². The Labute approximate surface area is 164 Å². The van der Waals surface area contributed by atoms with Crippen molar-refractivity contribution in [3.8, 4) is 5.75 Å². The summed E-state index contributed by atoms with van der Waals surface area (Å²) in [4.78, 5) is 27.5. The molecule has 0 aliphatic carbocycles. The van der Waals surface area contributed by atoms with E-state index in [4.69, 9.17) is 9.47 Å². The van der Waals surface area contributed by atoms with E-state index >= 15 is 0 Å². The van der Waals surface area contributed by atoms with Crippen LogP contribution in [-0.4, -0.2) is 43.1 Å². The molecule has 0 unspecified atom stereocenters. The molecule has 1 N–H and O–H groups in total. The highest BCUT2D eigenvalue weighted by Gasteiger charge is 2.33. The highest BCUT2D eigenvalue weighted by Crippen LogP contribution is 2.27. The summed E-state index contributed by atoms with van der Waals surface area (Å²) in [6.07, 6.45) is 2.12. The topological polar surface area (TPSA) is 67.9 Å². The molecular weight excluding hydrogens is 356 g/mol. The number of nitrogens with zero attached hydrogens (tertiary/aromatic N) is 1. The third-order valence-electron chi connectivity index (χ3n) is 5.32. The van der Waals surface area contributed by atoms with Gasteiger partial charge in [0.25, 0.3) is 11.8 Å². The van der Waals surface area contributed by atoms with Crippen LogP contribution in [0.2, 0.25) is 0 Å². The molecule has 2 aromatic rings. The summed E-state index contributed by atoms with van der Waals surface area (Å²) in [7, 11) is 1.62. The number of amides is 2. The summed E-state index contributed by atoms with van der Waals surface area (Å²) >= 11 is 0. The van der Waals surface area contributed by atoms with Crippen molar-refractivity contribution in [1.82, 2.24) is 10.2 Å². The lowest BCUT2D eigenvalue weighted by Gasteiger charge is -2.19. The van der Waals surface area contributed by atoms with Crippen LogP contribution in [0.15, 0.2) is 42.5 Å². The molecule has 0 spiro atoms. The molecule has 0 saturated carbocycles. The van der Waals surface area contributed by atoms with Crippen LogP contribution in [0.4, 0.5) is 0 Å². The highest BCUT2D eigenvalue weighted by molar-refractivity contribution is 6.09. The van der Waals surface area contributed by atoms with Gasteiger partial charge < -0.3 is 19.7 Å². The largest absolute Gasteiger partial charge is 0.497 e. The fourth-order valence-electron chi connectivity index (χ4n) is 3.81. The minimum absolute atomic E-state index is 0.0827. The molecule has 1 saturated heterocycles. The van der Waals surface area contributed by atoms with Crippen molar-refractivity contribution >= 4 is 11.8 Å². The van der Waals surface area contributed by atoms with Gasteiger partial charge in [-0.1, -0.05) is 24.3 Å². The summed E-state index contributed by atoms with van der Waals surface area (Å²) in [5, 5.41) is 2.92. The molecule has 2 aliphatic heterocycles. The Morgan fingerprint density at radius 2 is 2.07 bits per heavy atom. The van der Waals surface area contributed by atoms with Gasteiger partial charge in [-0.15, -0.1) is 0 Å². The Morgan fingerprint density at radius 3 is 2.79 bits per heavy atom. The molecule has 28 heavy (non-hydrogen) atoms. The highest BCUT2D eigenvalue weighted by atomic mass is 16.5. The van der Waals surface area contributed by atoms with Gasteiger partial charge in [-0.3, -0.25) is 9.59 Å². The van der Waals surface area contributed by atoms with Crippen molar-refractivity contribution in [3.05, 3.63) is 64.7 Å². The molecule has 2 heterocycles. The van der Waals surface area contributed by atoms with Crippen LogP contribution < -0.4 is 10.1 Å². The maximum absolute atomic E-state index is 12.9. The zero-order valence-corrected chi connectivity index (χ0v) is 15.9. The first-order valence-corrected chi connectivity index (χ1v) is 9.59. The first kappa shape index (κ1) is 18.5. The molecule has 146 valence electrons. The number of rotatable bonds is 6. The summed E-state index contributed by atoms with van der Waals surface area (Å²) in [6.45, 7) is 2.27. The van der Waals surface area contributed by atoms with Crippen molar-refractivity contribution in [2.24, 2.45) is 0 Å². The van der Waals surface area contributed by atoms with E-state index < -0.39 is 0 Å². The second-order valence-corrected chi connectivity index (χ2v) is 7.19. The van der Waals surface area contributed by atoms with Crippen molar-refractivity contribution in [2.75, 3.05) is 20.3 Å². The number of nitrogens with one attached hydrogen (secondary N) is 1. The molecule has 6 heteroatoms. The van der Waals surface area contributed by atoms with Gasteiger partial charge in [0, 0.05) is 26.2 Å². The Balaban J connectivity index is 1.45. The standard InChI is InChI=1S/C22H24N2O4/c1-27-17-9-7-15(8-10-17)12-23-21(25)19-6-2-4-16-13-24(22(26)20(16)19)14-18-5-3-11-28-18/h2,4,6-10,18H,3,5,11-14H2,1H3,(H,23,25)/t18-/m1/s1. The maximum atomic E-state index is 12.9. The van der Waals surface area contributed by atoms with E-state index in [9.17, 15) is 9.59 Å². The fraction of sp³-hybridized carbons (Fsp3) is 0.364. The number of carbonyl (C=O) groups is 2. The van der Waals surface area contributed by atoms with Gasteiger partial charge in [0.15, 0.2) is 0 Å². The molecule has 6 nitrogen and oxygen atoms in total. The van der Waals surface area contributed by atoms with E-state index in [2.05, 4.69) is 5.32 Å². The van der Waals surface area contributed by atoms with Crippen molar-refractivity contribution in [1.29, 1.82) is 0 Å². The van der Waals surface area contributed by atoms with Gasteiger partial charge in [-0.05, 0) is 42.2 Å². The Morgan fingerprint density at radius 1 is 1.25 bits per heavy atom. The minimum atomic E-state index is -0.236. The number of methoxy groups -OCH3 is 1. The van der Waals surface area contributed by atoms with Crippen molar-refractivity contribution in [2.45, 2.75) is 32.0 Å². The van der Waals surface area contributed by atoms with Gasteiger partial charge in [0.1, 0.15) is 5.75 Å². The summed E-state index contributed by atoms with van der Waals surface area (Å²) < 4.78 is 10.8. The second kappa shape index (κ2) is 8.02. The smallest absolute Gasteiger partial charge is 0.255 e. The lowest BCUT2D eigenvalue weighted by Crippen LogP contribution is -2.33. The van der Waals surface area contributed by atoms with Crippen molar-refractivity contribution in [3.63, 3.8) is 0 Å². The predicted octanol–water partition coefficient (Wildman–Crippen LogP) is 2.76. The zero-order chi connectivity index (χ0) is 19.5. The number of carbonyl (C=O) groups excluding carboxylic acids is 2.